The number of rotatable bonds is 2. The monoisotopic (exact) mass is 247 g/mol. The van der Waals surface area contributed by atoms with Crippen LogP contribution in [-0.2, 0) is 0 Å². The van der Waals surface area contributed by atoms with Crippen LogP contribution in [0.25, 0.3) is 0 Å². The molecule has 1 aliphatic heterocycles. The van der Waals surface area contributed by atoms with Gasteiger partial charge in [-0.3, -0.25) is 0 Å². The standard InChI is InChI=1S/C15H21NO2/c1-10-4-5-14(13(8-10)15(17)18)16-7-6-11(2)12(3)9-16/h4-5,8,11-12H,6-7,9H2,1-3H3,(H,17,18). The van der Waals surface area contributed by atoms with Gasteiger partial charge in [0.2, 0.25) is 0 Å². The number of nitrogens with zero attached hydrogens (tertiary/aromatic N) is 1. The first-order valence-corrected chi connectivity index (χ1v) is 6.58. The maximum Gasteiger partial charge on any atom is 0.337 e. The van der Waals surface area contributed by atoms with Crippen molar-refractivity contribution in [1.29, 1.82) is 0 Å². The van der Waals surface area contributed by atoms with Gasteiger partial charge < -0.3 is 10.0 Å². The van der Waals surface area contributed by atoms with Gasteiger partial charge >= 0.3 is 5.97 Å². The minimum Gasteiger partial charge on any atom is -0.478 e. The third kappa shape index (κ3) is 2.50. The molecule has 1 heterocycles. The van der Waals surface area contributed by atoms with Crippen LogP contribution in [0.1, 0.15) is 36.2 Å². The first-order chi connectivity index (χ1) is 8.49. The zero-order chi connectivity index (χ0) is 13.3. The van der Waals surface area contributed by atoms with E-state index in [-0.39, 0.29) is 0 Å². The van der Waals surface area contributed by atoms with Crippen LogP contribution in [0.2, 0.25) is 0 Å². The highest BCUT2D eigenvalue weighted by Crippen LogP contribution is 2.29. The lowest BCUT2D eigenvalue weighted by atomic mass is 9.88. The maximum atomic E-state index is 11.3. The Labute approximate surface area is 108 Å². The number of carboxylic acid groups (broad SMARTS) is 1. The summed E-state index contributed by atoms with van der Waals surface area (Å²) in [6.45, 7) is 8.34. The second kappa shape index (κ2) is 5.01. The van der Waals surface area contributed by atoms with Crippen molar-refractivity contribution in [1.82, 2.24) is 0 Å². The molecule has 0 bridgehead atoms. The number of hydrogen-bond acceptors (Lipinski definition) is 2. The number of hydrogen-bond donors (Lipinski definition) is 1. The Hall–Kier alpha value is -1.51. The van der Waals surface area contributed by atoms with Gasteiger partial charge in [-0.2, -0.15) is 0 Å². The van der Waals surface area contributed by atoms with Crippen molar-refractivity contribution in [3.63, 3.8) is 0 Å². The minimum atomic E-state index is -0.833. The third-order valence-corrected chi connectivity index (χ3v) is 4.06. The smallest absolute Gasteiger partial charge is 0.337 e. The summed E-state index contributed by atoms with van der Waals surface area (Å²) in [7, 11) is 0. The molecule has 2 rings (SSSR count). The van der Waals surface area contributed by atoms with Crippen molar-refractivity contribution in [2.75, 3.05) is 18.0 Å². The molecule has 2 unspecified atom stereocenters. The highest BCUT2D eigenvalue weighted by molar-refractivity contribution is 5.94. The zero-order valence-corrected chi connectivity index (χ0v) is 11.3. The predicted molar refractivity (Wildman–Crippen MR) is 73.3 cm³/mol. The van der Waals surface area contributed by atoms with Crippen molar-refractivity contribution in [2.45, 2.75) is 27.2 Å². The Bertz CT molecular complexity index is 456. The molecule has 0 spiro atoms. The van der Waals surface area contributed by atoms with Crippen LogP contribution in [0.15, 0.2) is 18.2 Å². The van der Waals surface area contributed by atoms with Crippen molar-refractivity contribution in [3.05, 3.63) is 29.3 Å². The molecule has 0 saturated carbocycles. The van der Waals surface area contributed by atoms with E-state index in [9.17, 15) is 9.90 Å². The molecule has 0 amide bonds. The number of benzene rings is 1. The number of carboxylic acids is 1. The number of piperidine rings is 1. The van der Waals surface area contributed by atoms with E-state index in [1.165, 1.54) is 0 Å². The second-order valence-corrected chi connectivity index (χ2v) is 5.52. The molecule has 3 nitrogen and oxygen atoms in total. The van der Waals surface area contributed by atoms with Crippen molar-refractivity contribution in [3.8, 4) is 0 Å². The molecule has 0 radical (unpaired) electrons. The summed E-state index contributed by atoms with van der Waals surface area (Å²) < 4.78 is 0. The Morgan fingerprint density at radius 1 is 1.33 bits per heavy atom. The maximum absolute atomic E-state index is 11.3. The van der Waals surface area contributed by atoms with Gasteiger partial charge in [-0.1, -0.05) is 25.5 Å². The van der Waals surface area contributed by atoms with Crippen molar-refractivity contribution >= 4 is 11.7 Å². The van der Waals surface area contributed by atoms with Crippen LogP contribution in [0.4, 0.5) is 5.69 Å². The predicted octanol–water partition coefficient (Wildman–Crippen LogP) is 3.18. The van der Waals surface area contributed by atoms with Crippen molar-refractivity contribution in [2.24, 2.45) is 11.8 Å². The third-order valence-electron chi connectivity index (χ3n) is 4.06. The molecule has 18 heavy (non-hydrogen) atoms. The molecule has 1 aliphatic rings. The fraction of sp³-hybridized carbons (Fsp3) is 0.533. The van der Waals surface area contributed by atoms with E-state index >= 15 is 0 Å². The minimum absolute atomic E-state index is 0.428. The average molecular weight is 247 g/mol. The van der Waals surface area contributed by atoms with Crippen LogP contribution in [0.5, 0.6) is 0 Å². The Morgan fingerprint density at radius 2 is 2.06 bits per heavy atom. The normalized spacial score (nSPS) is 24.1. The van der Waals surface area contributed by atoms with Crippen LogP contribution >= 0.6 is 0 Å². The number of carbonyl (C=O) groups is 1. The Morgan fingerprint density at radius 3 is 2.67 bits per heavy atom. The SMILES string of the molecule is Cc1ccc(N2CCC(C)C(C)C2)c(C(=O)O)c1. The molecular formula is C15H21NO2. The molecule has 0 aliphatic carbocycles. The Balaban J connectivity index is 2.30. The summed E-state index contributed by atoms with van der Waals surface area (Å²) in [6.07, 6.45) is 1.13. The molecular weight excluding hydrogens is 226 g/mol. The van der Waals surface area contributed by atoms with Crippen LogP contribution in [0, 0.1) is 18.8 Å². The molecule has 1 aromatic rings. The second-order valence-electron chi connectivity index (χ2n) is 5.52. The molecule has 1 aromatic carbocycles. The van der Waals surface area contributed by atoms with Gasteiger partial charge in [0.25, 0.3) is 0 Å². The fourth-order valence-electron chi connectivity index (χ4n) is 2.58. The highest BCUT2D eigenvalue weighted by Gasteiger charge is 2.25. The molecule has 0 aromatic heterocycles. The summed E-state index contributed by atoms with van der Waals surface area (Å²) in [6, 6.07) is 5.70. The quantitative estimate of drug-likeness (QED) is 0.872. The van der Waals surface area contributed by atoms with Gasteiger partial charge in [0.15, 0.2) is 0 Å². The lowest BCUT2D eigenvalue weighted by Crippen LogP contribution is -2.39. The lowest BCUT2D eigenvalue weighted by Gasteiger charge is -2.37. The molecule has 3 heteroatoms. The van der Waals surface area contributed by atoms with Crippen LogP contribution in [0.3, 0.4) is 0 Å². The number of aromatic carboxylic acids is 1. The Kier molecular flexibility index (Phi) is 3.60. The summed E-state index contributed by atoms with van der Waals surface area (Å²) in [5.74, 6) is 0.502. The molecule has 1 N–H and O–H groups in total. The zero-order valence-electron chi connectivity index (χ0n) is 11.3. The van der Waals surface area contributed by atoms with Gasteiger partial charge in [-0.25, -0.2) is 4.79 Å². The molecule has 1 fully saturated rings. The molecule has 2 atom stereocenters. The summed E-state index contributed by atoms with van der Waals surface area (Å²) in [4.78, 5) is 13.6. The summed E-state index contributed by atoms with van der Waals surface area (Å²) in [5, 5.41) is 9.31. The summed E-state index contributed by atoms with van der Waals surface area (Å²) >= 11 is 0. The van der Waals surface area contributed by atoms with Crippen molar-refractivity contribution < 1.29 is 9.90 Å². The van der Waals surface area contributed by atoms with E-state index in [1.54, 1.807) is 6.07 Å². The number of aryl methyl sites for hydroxylation is 1. The average Bonchev–Trinajstić information content (AvgIpc) is 2.32. The topological polar surface area (TPSA) is 40.5 Å². The van der Waals surface area contributed by atoms with E-state index in [4.69, 9.17) is 0 Å². The first-order valence-electron chi connectivity index (χ1n) is 6.58. The van der Waals surface area contributed by atoms with Gasteiger partial charge in [-0.05, 0) is 37.3 Å². The fourth-order valence-corrected chi connectivity index (χ4v) is 2.58. The highest BCUT2D eigenvalue weighted by atomic mass is 16.4. The van der Waals surface area contributed by atoms with E-state index in [2.05, 4.69) is 18.7 Å². The van der Waals surface area contributed by atoms with E-state index < -0.39 is 5.97 Å². The number of anilines is 1. The molecule has 98 valence electrons. The van der Waals surface area contributed by atoms with Gasteiger partial charge in [0.1, 0.15) is 0 Å². The van der Waals surface area contributed by atoms with Crippen LogP contribution < -0.4 is 4.90 Å². The van der Waals surface area contributed by atoms with E-state index in [1.807, 2.05) is 19.1 Å². The van der Waals surface area contributed by atoms with E-state index in [0.717, 1.165) is 36.7 Å². The van der Waals surface area contributed by atoms with Gasteiger partial charge in [0, 0.05) is 13.1 Å². The summed E-state index contributed by atoms with van der Waals surface area (Å²) in [5.41, 5.74) is 2.29. The van der Waals surface area contributed by atoms with Gasteiger partial charge in [-0.15, -0.1) is 0 Å². The first kappa shape index (κ1) is 12.9. The van der Waals surface area contributed by atoms with Crippen LogP contribution in [-0.4, -0.2) is 24.2 Å². The molecule has 1 saturated heterocycles. The van der Waals surface area contributed by atoms with E-state index in [0.29, 0.717) is 11.5 Å². The lowest BCUT2D eigenvalue weighted by molar-refractivity contribution is 0.0697. The van der Waals surface area contributed by atoms with Gasteiger partial charge in [0.05, 0.1) is 11.3 Å². The largest absolute Gasteiger partial charge is 0.478 e.